The zero-order chi connectivity index (χ0) is 19.9. The first-order valence-electron chi connectivity index (χ1n) is 8.52. The quantitative estimate of drug-likeness (QED) is 0.532. The third-order valence-corrected chi connectivity index (χ3v) is 6.62. The summed E-state index contributed by atoms with van der Waals surface area (Å²) in [7, 11) is -4.03. The molecule has 4 rings (SSSR count). The molecule has 0 spiro atoms. The number of sulfonamides is 1. The fraction of sp³-hybridized carbons (Fsp3) is 0.167. The number of hydrogen-bond donors (Lipinski definition) is 1. The van der Waals surface area contributed by atoms with Gasteiger partial charge in [-0.1, -0.05) is 24.3 Å². The molecule has 0 amide bonds. The van der Waals surface area contributed by atoms with Gasteiger partial charge in [-0.25, -0.2) is 13.2 Å². The Kier molecular flexibility index (Phi) is 4.36. The molecule has 0 saturated carbocycles. The lowest BCUT2D eigenvalue weighted by atomic mass is 10.2. The van der Waals surface area contributed by atoms with Gasteiger partial charge in [0.1, 0.15) is 0 Å². The number of rotatable bonds is 4. The summed E-state index contributed by atoms with van der Waals surface area (Å²) in [5.41, 5.74) is 1.36. The summed E-state index contributed by atoms with van der Waals surface area (Å²) in [5, 5.41) is 11.2. The van der Waals surface area contributed by atoms with Crippen molar-refractivity contribution in [3.63, 3.8) is 0 Å². The molecule has 9 nitrogen and oxygen atoms in total. The SMILES string of the molecule is O=c1[nH]c2ccccc2n1C1=CCN(S(=O)(=O)c2ccccc2[N+](=O)[O-])CC1. The van der Waals surface area contributed by atoms with Crippen LogP contribution in [0.15, 0.2) is 64.3 Å². The van der Waals surface area contributed by atoms with Gasteiger partial charge >= 0.3 is 5.69 Å². The van der Waals surface area contributed by atoms with E-state index < -0.39 is 20.6 Å². The molecule has 3 aromatic rings. The maximum absolute atomic E-state index is 12.9. The molecule has 2 aromatic carbocycles. The Labute approximate surface area is 159 Å². The summed E-state index contributed by atoms with van der Waals surface area (Å²) in [6.45, 7) is 0.141. The van der Waals surface area contributed by atoms with Gasteiger partial charge in [0.05, 0.1) is 16.0 Å². The van der Waals surface area contributed by atoms with Crippen molar-refractivity contribution >= 4 is 32.4 Å². The van der Waals surface area contributed by atoms with Gasteiger partial charge in [0.25, 0.3) is 5.69 Å². The van der Waals surface area contributed by atoms with Crippen molar-refractivity contribution in [1.29, 1.82) is 0 Å². The highest BCUT2D eigenvalue weighted by atomic mass is 32.2. The first kappa shape index (κ1) is 18.1. The summed E-state index contributed by atoms with van der Waals surface area (Å²) in [4.78, 5) is 25.2. The molecule has 0 atom stereocenters. The van der Waals surface area contributed by atoms with Crippen molar-refractivity contribution < 1.29 is 13.3 Å². The highest BCUT2D eigenvalue weighted by molar-refractivity contribution is 7.89. The fourth-order valence-corrected chi connectivity index (χ4v) is 4.90. The van der Waals surface area contributed by atoms with Gasteiger partial charge in [0.2, 0.25) is 10.0 Å². The summed E-state index contributed by atoms with van der Waals surface area (Å²) >= 11 is 0. The molecule has 0 saturated heterocycles. The number of benzene rings is 2. The van der Waals surface area contributed by atoms with E-state index in [0.29, 0.717) is 23.2 Å². The van der Waals surface area contributed by atoms with E-state index in [0.717, 1.165) is 0 Å². The Balaban J connectivity index is 1.68. The number of aromatic nitrogens is 2. The lowest BCUT2D eigenvalue weighted by molar-refractivity contribution is -0.387. The van der Waals surface area contributed by atoms with Crippen molar-refractivity contribution in [2.75, 3.05) is 13.1 Å². The van der Waals surface area contributed by atoms with Gasteiger partial charge in [0.15, 0.2) is 4.90 Å². The first-order valence-corrected chi connectivity index (χ1v) is 9.96. The first-order chi connectivity index (χ1) is 13.4. The smallest absolute Gasteiger partial charge is 0.305 e. The summed E-state index contributed by atoms with van der Waals surface area (Å²) in [6, 6.07) is 12.5. The van der Waals surface area contributed by atoms with E-state index in [1.54, 1.807) is 12.1 Å². The molecule has 1 aromatic heterocycles. The van der Waals surface area contributed by atoms with Crippen LogP contribution in [-0.4, -0.2) is 40.3 Å². The van der Waals surface area contributed by atoms with Gasteiger partial charge < -0.3 is 4.98 Å². The van der Waals surface area contributed by atoms with E-state index >= 15 is 0 Å². The molecule has 28 heavy (non-hydrogen) atoms. The highest BCUT2D eigenvalue weighted by Gasteiger charge is 2.32. The minimum Gasteiger partial charge on any atom is -0.305 e. The second-order valence-electron chi connectivity index (χ2n) is 6.32. The van der Waals surface area contributed by atoms with Gasteiger partial charge in [-0.15, -0.1) is 0 Å². The summed E-state index contributed by atoms with van der Waals surface area (Å²) in [5.74, 6) is 0. The van der Waals surface area contributed by atoms with Crippen LogP contribution < -0.4 is 5.69 Å². The fourth-order valence-electron chi connectivity index (χ4n) is 3.37. The molecule has 1 aliphatic rings. The minimum absolute atomic E-state index is 0.0235. The third kappa shape index (κ3) is 2.92. The molecule has 0 bridgehead atoms. The van der Waals surface area contributed by atoms with Crippen LogP contribution in [0.25, 0.3) is 16.7 Å². The van der Waals surface area contributed by atoms with E-state index in [9.17, 15) is 23.3 Å². The molecule has 0 unspecified atom stereocenters. The molecule has 10 heteroatoms. The standard InChI is InChI=1S/C18H16N4O5S/c23-18-19-14-5-1-2-6-15(14)21(18)13-9-11-20(12-10-13)28(26,27)17-8-4-3-7-16(17)22(24)25/h1-9H,10-12H2,(H,19,23). The number of para-hydroxylation sites is 3. The summed E-state index contributed by atoms with van der Waals surface area (Å²) < 4.78 is 28.5. The van der Waals surface area contributed by atoms with Gasteiger partial charge in [-0.2, -0.15) is 4.31 Å². The zero-order valence-electron chi connectivity index (χ0n) is 14.6. The predicted molar refractivity (Wildman–Crippen MR) is 103 cm³/mol. The monoisotopic (exact) mass is 400 g/mol. The molecule has 0 aliphatic carbocycles. The van der Waals surface area contributed by atoms with Crippen LogP contribution >= 0.6 is 0 Å². The van der Waals surface area contributed by atoms with Gasteiger partial charge in [0, 0.05) is 31.3 Å². The molecular formula is C18H16N4O5S. The Bertz CT molecular complexity index is 1270. The average molecular weight is 400 g/mol. The Morgan fingerprint density at radius 2 is 1.79 bits per heavy atom. The van der Waals surface area contributed by atoms with E-state index in [-0.39, 0.29) is 23.7 Å². The molecule has 0 radical (unpaired) electrons. The van der Waals surface area contributed by atoms with Crippen LogP contribution in [0.5, 0.6) is 0 Å². The Morgan fingerprint density at radius 1 is 1.07 bits per heavy atom. The largest absolute Gasteiger partial charge is 0.330 e. The molecule has 1 N–H and O–H groups in total. The van der Waals surface area contributed by atoms with Crippen LogP contribution in [0.4, 0.5) is 5.69 Å². The number of nitro benzene ring substituents is 1. The minimum atomic E-state index is -4.03. The maximum Gasteiger partial charge on any atom is 0.330 e. The van der Waals surface area contributed by atoms with E-state index in [1.807, 2.05) is 18.2 Å². The second kappa shape index (κ2) is 6.73. The molecule has 0 fully saturated rings. The molecule has 1 aliphatic heterocycles. The molecular weight excluding hydrogens is 384 g/mol. The average Bonchev–Trinajstić information content (AvgIpc) is 3.03. The van der Waals surface area contributed by atoms with Crippen molar-refractivity contribution in [3.8, 4) is 0 Å². The number of nitrogens with one attached hydrogen (secondary N) is 1. The topological polar surface area (TPSA) is 118 Å². The van der Waals surface area contributed by atoms with E-state index in [2.05, 4.69) is 4.98 Å². The molecule has 144 valence electrons. The highest BCUT2D eigenvalue weighted by Crippen LogP contribution is 2.29. The zero-order valence-corrected chi connectivity index (χ0v) is 15.4. The number of hydrogen-bond acceptors (Lipinski definition) is 5. The number of H-pyrrole nitrogens is 1. The molecule has 2 heterocycles. The third-order valence-electron chi connectivity index (χ3n) is 4.70. The summed E-state index contributed by atoms with van der Waals surface area (Å²) in [6.07, 6.45) is 1.97. The van der Waals surface area contributed by atoms with Crippen molar-refractivity contribution in [3.05, 3.63) is 75.2 Å². The van der Waals surface area contributed by atoms with Crippen molar-refractivity contribution in [2.24, 2.45) is 0 Å². The van der Waals surface area contributed by atoms with E-state index in [1.165, 1.54) is 33.1 Å². The number of fused-ring (bicyclic) bond motifs is 1. The number of nitrogens with zero attached hydrogens (tertiary/aromatic N) is 3. The number of nitro groups is 1. The van der Waals surface area contributed by atoms with Crippen LogP contribution in [0.3, 0.4) is 0 Å². The predicted octanol–water partition coefficient (Wildman–Crippen LogP) is 2.17. The Morgan fingerprint density at radius 3 is 2.50 bits per heavy atom. The van der Waals surface area contributed by atoms with Crippen LogP contribution in [0, 0.1) is 10.1 Å². The van der Waals surface area contributed by atoms with Crippen LogP contribution in [0.2, 0.25) is 0 Å². The number of imidazole rings is 1. The maximum atomic E-state index is 12.9. The number of aromatic amines is 1. The van der Waals surface area contributed by atoms with Crippen LogP contribution in [-0.2, 0) is 10.0 Å². The van der Waals surface area contributed by atoms with Gasteiger partial charge in [-0.05, 0) is 24.3 Å². The van der Waals surface area contributed by atoms with Gasteiger partial charge in [-0.3, -0.25) is 14.7 Å². The normalized spacial score (nSPS) is 15.5. The van der Waals surface area contributed by atoms with E-state index in [4.69, 9.17) is 0 Å². The second-order valence-corrected chi connectivity index (χ2v) is 8.22. The van der Waals surface area contributed by atoms with Crippen molar-refractivity contribution in [1.82, 2.24) is 13.9 Å². The lowest BCUT2D eigenvalue weighted by Crippen LogP contribution is -2.36. The lowest BCUT2D eigenvalue weighted by Gasteiger charge is -2.26. The Hall–Kier alpha value is -3.24. The van der Waals surface area contributed by atoms with Crippen molar-refractivity contribution in [2.45, 2.75) is 11.3 Å². The van der Waals surface area contributed by atoms with Crippen LogP contribution in [0.1, 0.15) is 6.42 Å².